The van der Waals surface area contributed by atoms with Gasteiger partial charge in [0, 0.05) is 13.1 Å². The van der Waals surface area contributed by atoms with Crippen LogP contribution in [0, 0.1) is 6.92 Å². The summed E-state index contributed by atoms with van der Waals surface area (Å²) in [5.41, 5.74) is 2.14. The van der Waals surface area contributed by atoms with Crippen LogP contribution in [-0.2, 0) is 26.2 Å². The Hall–Kier alpha value is -3.85. The molecule has 3 aromatic carbocycles. The Morgan fingerprint density at radius 3 is 2.18 bits per heavy atom. The monoisotopic (exact) mass is 551 g/mol. The molecule has 208 valence electrons. The Balaban J connectivity index is 1.98. The highest BCUT2D eigenvalue weighted by Crippen LogP contribution is 2.26. The van der Waals surface area contributed by atoms with Crippen LogP contribution in [0.5, 0.6) is 5.75 Å². The molecule has 0 spiro atoms. The summed E-state index contributed by atoms with van der Waals surface area (Å²) in [6, 6.07) is 21.5. The Kier molecular flexibility index (Phi) is 10.5. The van der Waals surface area contributed by atoms with Crippen LogP contribution in [0.25, 0.3) is 0 Å². The molecule has 8 nitrogen and oxygen atoms in total. The van der Waals surface area contributed by atoms with E-state index in [1.54, 1.807) is 43.3 Å². The summed E-state index contributed by atoms with van der Waals surface area (Å²) in [6.45, 7) is 5.79. The maximum Gasteiger partial charge on any atom is 0.264 e. The van der Waals surface area contributed by atoms with Crippen molar-refractivity contribution in [3.63, 3.8) is 0 Å². The quantitative estimate of drug-likeness (QED) is 0.315. The first kappa shape index (κ1) is 29.7. The normalized spacial score (nSPS) is 11.9. The van der Waals surface area contributed by atoms with E-state index >= 15 is 0 Å². The van der Waals surface area contributed by atoms with E-state index in [0.717, 1.165) is 28.3 Å². The van der Waals surface area contributed by atoms with Crippen LogP contribution in [0.3, 0.4) is 0 Å². The minimum atomic E-state index is -4.13. The highest BCUT2D eigenvalue weighted by Gasteiger charge is 2.32. The zero-order chi connectivity index (χ0) is 28.4. The Labute approximate surface area is 231 Å². The van der Waals surface area contributed by atoms with E-state index in [4.69, 9.17) is 4.74 Å². The van der Waals surface area contributed by atoms with E-state index < -0.39 is 28.5 Å². The van der Waals surface area contributed by atoms with Crippen LogP contribution < -0.4 is 14.4 Å². The predicted molar refractivity (Wildman–Crippen MR) is 153 cm³/mol. The third-order valence-electron chi connectivity index (χ3n) is 6.44. The van der Waals surface area contributed by atoms with Crippen molar-refractivity contribution in [3.8, 4) is 5.75 Å². The summed E-state index contributed by atoms with van der Waals surface area (Å²) < 4.78 is 34.0. The number of carbonyl (C=O) groups is 2. The van der Waals surface area contributed by atoms with Crippen LogP contribution in [0.1, 0.15) is 37.8 Å². The van der Waals surface area contributed by atoms with Crippen molar-refractivity contribution in [1.82, 2.24) is 10.2 Å². The van der Waals surface area contributed by atoms with Crippen molar-refractivity contribution in [3.05, 3.63) is 90.0 Å². The van der Waals surface area contributed by atoms with Crippen molar-refractivity contribution in [2.75, 3.05) is 24.5 Å². The molecule has 2 amide bonds. The Morgan fingerprint density at radius 2 is 1.59 bits per heavy atom. The lowest BCUT2D eigenvalue weighted by Gasteiger charge is -2.32. The molecule has 0 radical (unpaired) electrons. The van der Waals surface area contributed by atoms with Gasteiger partial charge in [-0.1, -0.05) is 61.4 Å². The molecule has 0 aliphatic rings. The predicted octanol–water partition coefficient (Wildman–Crippen LogP) is 4.53. The largest absolute Gasteiger partial charge is 0.497 e. The number of unbranched alkanes of at least 4 members (excludes halogenated alkanes) is 1. The van der Waals surface area contributed by atoms with Crippen LogP contribution in [0.15, 0.2) is 83.8 Å². The van der Waals surface area contributed by atoms with Crippen LogP contribution in [0.4, 0.5) is 5.69 Å². The SMILES string of the molecule is CCCCNC(=O)[C@@H](C)N(Cc1ccccc1)C(=O)CN(c1ccc(C)cc1)S(=O)(=O)c1ccc(OC)cc1. The van der Waals surface area contributed by atoms with E-state index in [1.807, 2.05) is 44.2 Å². The number of sulfonamides is 1. The summed E-state index contributed by atoms with van der Waals surface area (Å²) in [4.78, 5) is 28.3. The number of aryl methyl sites for hydroxylation is 1. The number of hydrogen-bond donors (Lipinski definition) is 1. The van der Waals surface area contributed by atoms with Crippen molar-refractivity contribution >= 4 is 27.5 Å². The Morgan fingerprint density at radius 1 is 0.949 bits per heavy atom. The number of rotatable bonds is 13. The zero-order valence-corrected chi connectivity index (χ0v) is 23.8. The second-order valence-electron chi connectivity index (χ2n) is 9.35. The van der Waals surface area contributed by atoms with Gasteiger partial charge in [-0.15, -0.1) is 0 Å². The summed E-state index contributed by atoms with van der Waals surface area (Å²) in [5, 5.41) is 2.89. The van der Waals surface area contributed by atoms with Gasteiger partial charge in [-0.25, -0.2) is 8.42 Å². The topological polar surface area (TPSA) is 96.0 Å². The molecule has 3 rings (SSSR count). The van der Waals surface area contributed by atoms with E-state index in [2.05, 4.69) is 5.32 Å². The summed E-state index contributed by atoms with van der Waals surface area (Å²) in [5.74, 6) is -0.258. The number of anilines is 1. The first-order valence-electron chi connectivity index (χ1n) is 13.0. The van der Waals surface area contributed by atoms with Gasteiger partial charge in [0.15, 0.2) is 0 Å². The number of methoxy groups -OCH3 is 1. The van der Waals surface area contributed by atoms with Gasteiger partial charge in [0.1, 0.15) is 18.3 Å². The molecule has 1 N–H and O–H groups in total. The molecule has 3 aromatic rings. The van der Waals surface area contributed by atoms with Crippen LogP contribution in [-0.4, -0.2) is 51.4 Å². The molecule has 0 unspecified atom stereocenters. The molecule has 0 saturated heterocycles. The zero-order valence-electron chi connectivity index (χ0n) is 23.0. The van der Waals surface area contributed by atoms with Gasteiger partial charge in [0.05, 0.1) is 17.7 Å². The third kappa shape index (κ3) is 7.83. The van der Waals surface area contributed by atoms with Gasteiger partial charge in [0.25, 0.3) is 10.0 Å². The second-order valence-corrected chi connectivity index (χ2v) is 11.2. The molecule has 0 bridgehead atoms. The molecule has 0 aliphatic carbocycles. The van der Waals surface area contributed by atoms with E-state index in [9.17, 15) is 18.0 Å². The molecule has 0 aliphatic heterocycles. The summed E-state index contributed by atoms with van der Waals surface area (Å²) in [6.07, 6.45) is 1.75. The highest BCUT2D eigenvalue weighted by molar-refractivity contribution is 7.92. The molecule has 0 aromatic heterocycles. The van der Waals surface area contributed by atoms with Gasteiger partial charge < -0.3 is 15.0 Å². The molecule has 39 heavy (non-hydrogen) atoms. The summed E-state index contributed by atoms with van der Waals surface area (Å²) in [7, 11) is -2.63. The number of amides is 2. The standard InChI is InChI=1S/C30H37N3O5S/c1-5-6-20-31-30(35)24(3)32(21-25-10-8-7-9-11-25)29(34)22-33(26-14-12-23(2)13-15-26)39(36,37)28-18-16-27(38-4)17-19-28/h7-19,24H,5-6,20-22H2,1-4H3,(H,31,35)/t24-/m1/s1. The van der Waals surface area contributed by atoms with Crippen molar-refractivity contribution in [1.29, 1.82) is 0 Å². The number of ether oxygens (including phenoxy) is 1. The molecular weight excluding hydrogens is 514 g/mol. The fourth-order valence-corrected chi connectivity index (χ4v) is 5.43. The average Bonchev–Trinajstić information content (AvgIpc) is 2.95. The molecule has 0 fully saturated rings. The fourth-order valence-electron chi connectivity index (χ4n) is 4.01. The van der Waals surface area contributed by atoms with E-state index in [1.165, 1.54) is 24.1 Å². The lowest BCUT2D eigenvalue weighted by atomic mass is 10.1. The van der Waals surface area contributed by atoms with Crippen LogP contribution in [0.2, 0.25) is 0 Å². The molecule has 0 saturated carbocycles. The molecule has 9 heteroatoms. The first-order chi connectivity index (χ1) is 18.7. The lowest BCUT2D eigenvalue weighted by molar-refractivity contribution is -0.139. The van der Waals surface area contributed by atoms with Crippen molar-refractivity contribution in [2.45, 2.75) is 51.1 Å². The minimum absolute atomic E-state index is 0.0247. The number of hydrogen-bond acceptors (Lipinski definition) is 5. The highest BCUT2D eigenvalue weighted by atomic mass is 32.2. The van der Waals surface area contributed by atoms with Gasteiger partial charge in [-0.05, 0) is 62.2 Å². The third-order valence-corrected chi connectivity index (χ3v) is 8.23. The number of benzene rings is 3. The van der Waals surface area contributed by atoms with Crippen LogP contribution >= 0.6 is 0 Å². The molecule has 0 heterocycles. The van der Waals surface area contributed by atoms with Crippen molar-refractivity contribution < 1.29 is 22.7 Å². The second kappa shape index (κ2) is 13.8. The summed E-state index contributed by atoms with van der Waals surface area (Å²) >= 11 is 0. The van der Waals surface area contributed by atoms with Gasteiger partial charge >= 0.3 is 0 Å². The van der Waals surface area contributed by atoms with E-state index in [0.29, 0.717) is 18.0 Å². The smallest absolute Gasteiger partial charge is 0.264 e. The fraction of sp³-hybridized carbons (Fsp3) is 0.333. The Bertz CT molecular complexity index is 1330. The lowest BCUT2D eigenvalue weighted by Crippen LogP contribution is -2.51. The average molecular weight is 552 g/mol. The van der Waals surface area contributed by atoms with Gasteiger partial charge in [-0.3, -0.25) is 13.9 Å². The number of nitrogens with zero attached hydrogens (tertiary/aromatic N) is 2. The molecule has 1 atom stereocenters. The first-order valence-corrected chi connectivity index (χ1v) is 14.5. The maximum absolute atomic E-state index is 13.9. The van der Waals surface area contributed by atoms with Crippen molar-refractivity contribution in [2.24, 2.45) is 0 Å². The minimum Gasteiger partial charge on any atom is -0.497 e. The maximum atomic E-state index is 13.9. The van der Waals surface area contributed by atoms with Gasteiger partial charge in [-0.2, -0.15) is 0 Å². The molecular formula is C30H37N3O5S. The number of nitrogens with one attached hydrogen (secondary N) is 1. The number of carbonyl (C=O) groups excluding carboxylic acids is 2. The van der Waals surface area contributed by atoms with Gasteiger partial charge in [0.2, 0.25) is 11.8 Å². The van der Waals surface area contributed by atoms with E-state index in [-0.39, 0.29) is 17.3 Å².